The van der Waals surface area contributed by atoms with Crippen LogP contribution >= 0.6 is 0 Å². The molecule has 0 aliphatic carbocycles. The molecule has 5 rings (SSSR count). The third-order valence-electron chi connectivity index (χ3n) is 6.57. The van der Waals surface area contributed by atoms with Gasteiger partial charge >= 0.3 is 5.97 Å². The van der Waals surface area contributed by atoms with Gasteiger partial charge in [0.25, 0.3) is 10.0 Å². The molecule has 194 valence electrons. The maximum absolute atomic E-state index is 12.7. The lowest BCUT2D eigenvalue weighted by molar-refractivity contribution is 0.0698. The van der Waals surface area contributed by atoms with Gasteiger partial charge in [-0.1, -0.05) is 18.2 Å². The normalized spacial score (nSPS) is 13.9. The van der Waals surface area contributed by atoms with Crippen LogP contribution in [0.15, 0.2) is 83.8 Å². The van der Waals surface area contributed by atoms with Gasteiger partial charge in [-0.15, -0.1) is 0 Å². The molecule has 1 aliphatic rings. The van der Waals surface area contributed by atoms with E-state index < -0.39 is 16.0 Å². The summed E-state index contributed by atoms with van der Waals surface area (Å²) in [5.74, 6) is -0.538. The van der Waals surface area contributed by atoms with Gasteiger partial charge in [-0.3, -0.25) is 9.52 Å². The van der Waals surface area contributed by atoms with E-state index in [4.69, 9.17) is 4.98 Å². The minimum atomic E-state index is -3.82. The molecule has 0 saturated carbocycles. The molecule has 0 spiro atoms. The highest BCUT2D eigenvalue weighted by atomic mass is 32.2. The van der Waals surface area contributed by atoms with Crippen molar-refractivity contribution < 1.29 is 23.1 Å². The fourth-order valence-electron chi connectivity index (χ4n) is 4.53. The Bertz CT molecular complexity index is 1610. The van der Waals surface area contributed by atoms with Crippen molar-refractivity contribution >= 4 is 49.9 Å². The van der Waals surface area contributed by atoms with Gasteiger partial charge in [0.2, 0.25) is 0 Å². The second-order valence-electron chi connectivity index (χ2n) is 9.06. The summed E-state index contributed by atoms with van der Waals surface area (Å²) in [5.41, 5.74) is 2.46. The lowest BCUT2D eigenvalue weighted by atomic mass is 10.1. The van der Waals surface area contributed by atoms with Crippen LogP contribution in [-0.4, -0.2) is 56.4 Å². The first kappa shape index (κ1) is 25.2. The molecule has 1 aliphatic heterocycles. The lowest BCUT2D eigenvalue weighted by Gasteiger charge is -2.37. The molecule has 1 aromatic heterocycles. The summed E-state index contributed by atoms with van der Waals surface area (Å²) in [5, 5.41) is 10.3. The predicted octanol–water partition coefficient (Wildman–Crippen LogP) is 4.26. The molecule has 0 amide bonds. The van der Waals surface area contributed by atoms with Crippen molar-refractivity contribution in [3.63, 3.8) is 0 Å². The summed E-state index contributed by atoms with van der Waals surface area (Å²) >= 11 is 0. The van der Waals surface area contributed by atoms with Crippen molar-refractivity contribution in [1.29, 1.82) is 0 Å². The zero-order valence-corrected chi connectivity index (χ0v) is 21.5. The molecular formula is C28H26N4O5S. The number of piperazine rings is 1. The van der Waals surface area contributed by atoms with Gasteiger partial charge in [0.05, 0.1) is 16.0 Å². The molecule has 0 radical (unpaired) electrons. The van der Waals surface area contributed by atoms with E-state index in [-0.39, 0.29) is 21.9 Å². The Morgan fingerprint density at radius 2 is 1.53 bits per heavy atom. The van der Waals surface area contributed by atoms with Crippen LogP contribution in [0.25, 0.3) is 10.9 Å². The summed E-state index contributed by atoms with van der Waals surface area (Å²) in [6, 6.07) is 21.7. The average molecular weight is 531 g/mol. The second-order valence-corrected chi connectivity index (χ2v) is 10.7. The van der Waals surface area contributed by atoms with Crippen LogP contribution in [0, 0.1) is 0 Å². The predicted molar refractivity (Wildman–Crippen MR) is 147 cm³/mol. The number of benzene rings is 3. The number of hydrogen-bond donors (Lipinski definition) is 2. The van der Waals surface area contributed by atoms with Crippen LogP contribution in [0.5, 0.6) is 0 Å². The van der Waals surface area contributed by atoms with E-state index in [2.05, 4.69) is 9.62 Å². The van der Waals surface area contributed by atoms with Gasteiger partial charge < -0.3 is 14.9 Å². The van der Waals surface area contributed by atoms with Gasteiger partial charge in [0.15, 0.2) is 5.78 Å². The molecule has 4 aromatic rings. The quantitative estimate of drug-likeness (QED) is 0.340. The van der Waals surface area contributed by atoms with Crippen LogP contribution in [-0.2, 0) is 10.0 Å². The summed E-state index contributed by atoms with van der Waals surface area (Å²) in [4.78, 5) is 32.8. The summed E-state index contributed by atoms with van der Waals surface area (Å²) in [7, 11) is -3.82. The number of carboxylic acid groups (broad SMARTS) is 1. The zero-order chi connectivity index (χ0) is 26.9. The Kier molecular flexibility index (Phi) is 6.73. The summed E-state index contributed by atoms with van der Waals surface area (Å²) in [6.07, 6.45) is 0. The van der Waals surface area contributed by atoms with Crippen molar-refractivity contribution in [2.75, 3.05) is 40.7 Å². The minimum Gasteiger partial charge on any atom is -0.478 e. The van der Waals surface area contributed by atoms with E-state index in [1.165, 1.54) is 24.3 Å². The molecule has 0 atom stereocenters. The molecule has 1 fully saturated rings. The number of carbonyl (C=O) groups excluding carboxylic acids is 1. The molecular weight excluding hydrogens is 504 g/mol. The van der Waals surface area contributed by atoms with Crippen LogP contribution in [0.1, 0.15) is 27.6 Å². The number of fused-ring (bicyclic) bond motifs is 1. The third-order valence-corrected chi connectivity index (χ3v) is 7.97. The monoisotopic (exact) mass is 530 g/mol. The lowest BCUT2D eigenvalue weighted by Crippen LogP contribution is -2.46. The number of pyridine rings is 1. The van der Waals surface area contributed by atoms with E-state index >= 15 is 0 Å². The van der Waals surface area contributed by atoms with Crippen molar-refractivity contribution in [3.8, 4) is 0 Å². The molecule has 10 heteroatoms. The highest BCUT2D eigenvalue weighted by Gasteiger charge is 2.22. The Hall–Kier alpha value is -4.44. The van der Waals surface area contributed by atoms with E-state index in [0.29, 0.717) is 48.5 Å². The fraction of sp³-hybridized carbons (Fsp3) is 0.179. The molecule has 0 bridgehead atoms. The number of aromatic nitrogens is 1. The molecule has 9 nitrogen and oxygen atoms in total. The highest BCUT2D eigenvalue weighted by molar-refractivity contribution is 7.92. The zero-order valence-electron chi connectivity index (χ0n) is 20.7. The number of hydrogen-bond acceptors (Lipinski definition) is 7. The van der Waals surface area contributed by atoms with Crippen LogP contribution in [0.2, 0.25) is 0 Å². The van der Waals surface area contributed by atoms with Crippen molar-refractivity contribution in [1.82, 2.24) is 4.98 Å². The average Bonchev–Trinajstić information content (AvgIpc) is 2.93. The number of anilines is 3. The number of Topliss-reactive ketones (excluding diaryl/α,β-unsaturated/α-hetero) is 1. The highest BCUT2D eigenvalue weighted by Crippen LogP contribution is 2.28. The van der Waals surface area contributed by atoms with Crippen molar-refractivity contribution in [2.24, 2.45) is 0 Å². The maximum atomic E-state index is 12.7. The van der Waals surface area contributed by atoms with Gasteiger partial charge in [0, 0.05) is 48.5 Å². The first-order valence-corrected chi connectivity index (χ1v) is 13.6. The topological polar surface area (TPSA) is 120 Å². The first-order valence-electron chi connectivity index (χ1n) is 12.1. The smallest absolute Gasteiger partial charge is 0.336 e. The Morgan fingerprint density at radius 1 is 0.868 bits per heavy atom. The number of aromatic carboxylic acids is 1. The number of rotatable bonds is 7. The van der Waals surface area contributed by atoms with E-state index in [1.54, 1.807) is 37.3 Å². The number of carboxylic acids is 1. The van der Waals surface area contributed by atoms with Crippen LogP contribution in [0.4, 0.5) is 17.2 Å². The standard InChI is InChI=1S/C28H26N4O5S/c1-19(33)20-7-10-22(11-8-20)31-13-15-32(16-14-31)27-18-25(28(34)35)24-17-21(9-12-26(24)29-27)30-38(36,37)23-5-3-2-4-6-23/h2-12,17-18,30H,13-16H2,1H3,(H,34,35). The number of nitrogens with zero attached hydrogens (tertiary/aromatic N) is 3. The van der Waals surface area contributed by atoms with Crippen molar-refractivity contribution in [2.45, 2.75) is 11.8 Å². The van der Waals surface area contributed by atoms with Crippen molar-refractivity contribution in [3.05, 3.63) is 90.0 Å². The summed E-state index contributed by atoms with van der Waals surface area (Å²) < 4.78 is 28.0. The van der Waals surface area contributed by atoms with E-state index in [0.717, 1.165) is 5.69 Å². The number of carbonyl (C=O) groups is 2. The van der Waals surface area contributed by atoms with Gasteiger partial charge in [-0.25, -0.2) is 18.2 Å². The summed E-state index contributed by atoms with van der Waals surface area (Å²) in [6.45, 7) is 4.24. The minimum absolute atomic E-state index is 0.0266. The van der Waals surface area contributed by atoms with Crippen LogP contribution < -0.4 is 14.5 Å². The van der Waals surface area contributed by atoms with Crippen LogP contribution in [0.3, 0.4) is 0 Å². The van der Waals surface area contributed by atoms with E-state index in [9.17, 15) is 23.1 Å². The number of nitrogens with one attached hydrogen (secondary N) is 1. The van der Waals surface area contributed by atoms with E-state index in [1.807, 2.05) is 29.2 Å². The van der Waals surface area contributed by atoms with Gasteiger partial charge in [-0.05, 0) is 67.6 Å². The fourth-order valence-corrected chi connectivity index (χ4v) is 5.60. The van der Waals surface area contributed by atoms with Gasteiger partial charge in [-0.2, -0.15) is 0 Å². The molecule has 2 heterocycles. The molecule has 38 heavy (non-hydrogen) atoms. The third kappa shape index (κ3) is 5.16. The SMILES string of the molecule is CC(=O)c1ccc(N2CCN(c3cc(C(=O)O)c4cc(NS(=O)(=O)c5ccccc5)ccc4n3)CC2)cc1. The molecule has 3 aromatic carbocycles. The maximum Gasteiger partial charge on any atom is 0.336 e. The second kappa shape index (κ2) is 10.1. The molecule has 2 N–H and O–H groups in total. The Balaban J connectivity index is 1.37. The van der Waals surface area contributed by atoms with Gasteiger partial charge in [0.1, 0.15) is 5.82 Å². The molecule has 1 saturated heterocycles. The largest absolute Gasteiger partial charge is 0.478 e. The first-order chi connectivity index (χ1) is 18.2. The number of sulfonamides is 1. The Labute approximate surface area is 220 Å². The Morgan fingerprint density at radius 3 is 2.16 bits per heavy atom. The number of ketones is 1. The molecule has 0 unspecified atom stereocenters.